The molecular formula is C12H17NO4S. The number of hydrogen-bond acceptors (Lipinski definition) is 4. The summed E-state index contributed by atoms with van der Waals surface area (Å²) < 4.78 is 24.1. The lowest BCUT2D eigenvalue weighted by Crippen LogP contribution is -2.33. The van der Waals surface area contributed by atoms with Gasteiger partial charge in [-0.05, 0) is 45.0 Å². The van der Waals surface area contributed by atoms with Crippen LogP contribution in [0, 0.1) is 0 Å². The molecule has 0 heterocycles. The van der Waals surface area contributed by atoms with Crippen molar-refractivity contribution in [1.29, 1.82) is 0 Å². The van der Waals surface area contributed by atoms with Gasteiger partial charge in [0.05, 0.1) is 12.0 Å². The molecule has 0 aromatic heterocycles. The highest BCUT2D eigenvalue weighted by molar-refractivity contribution is 7.83. The van der Waals surface area contributed by atoms with Crippen LogP contribution in [0.5, 0.6) is 5.75 Å². The second-order valence-electron chi connectivity index (χ2n) is 4.55. The Balaban J connectivity index is 2.62. The monoisotopic (exact) mass is 271 g/mol. The molecule has 0 aliphatic rings. The summed E-state index contributed by atoms with van der Waals surface area (Å²) in [6.07, 6.45) is -0.711. The first kappa shape index (κ1) is 14.5. The van der Waals surface area contributed by atoms with Crippen molar-refractivity contribution in [2.75, 3.05) is 7.11 Å². The Hall–Kier alpha value is -1.56. The number of methoxy groups -OCH3 is 1. The third-order valence-electron chi connectivity index (χ3n) is 1.85. The first-order valence-corrected chi connectivity index (χ1v) is 6.52. The summed E-state index contributed by atoms with van der Waals surface area (Å²) >= 11 is 0. The fraction of sp³-hybridized carbons (Fsp3) is 0.417. The highest BCUT2D eigenvalue weighted by atomic mass is 32.2. The Morgan fingerprint density at radius 2 is 1.78 bits per heavy atom. The van der Waals surface area contributed by atoms with E-state index in [1.807, 2.05) is 0 Å². The first-order valence-electron chi connectivity index (χ1n) is 5.37. The average molecular weight is 271 g/mol. The number of carbonyl (C=O) groups excluding carboxylic acids is 1. The second-order valence-corrected chi connectivity index (χ2v) is 5.76. The summed E-state index contributed by atoms with van der Waals surface area (Å²) in [4.78, 5) is 11.9. The van der Waals surface area contributed by atoms with Gasteiger partial charge in [0.15, 0.2) is 11.0 Å². The zero-order valence-corrected chi connectivity index (χ0v) is 11.7. The molecule has 1 aromatic rings. The Kier molecular flexibility index (Phi) is 4.72. The lowest BCUT2D eigenvalue weighted by Gasteiger charge is -2.19. The maximum atomic E-state index is 11.8. The predicted molar refractivity (Wildman–Crippen MR) is 68.8 cm³/mol. The van der Waals surface area contributed by atoms with Crippen molar-refractivity contribution < 1.29 is 18.5 Å². The van der Waals surface area contributed by atoms with Crippen molar-refractivity contribution in [2.24, 2.45) is 0 Å². The number of rotatable bonds is 3. The number of amides is 1. The molecule has 0 spiro atoms. The van der Waals surface area contributed by atoms with Gasteiger partial charge in [-0.25, -0.2) is 13.7 Å². The molecule has 1 N–H and O–H groups in total. The number of benzene rings is 1. The molecule has 1 atom stereocenters. The summed E-state index contributed by atoms with van der Waals surface area (Å²) in [5, 5.41) is 0. The Morgan fingerprint density at radius 3 is 2.22 bits per heavy atom. The van der Waals surface area contributed by atoms with E-state index in [9.17, 15) is 9.00 Å². The third kappa shape index (κ3) is 4.75. The standard InChI is InChI=1S/C12H17NO4S/c1-12(2,3)17-11(14)13-18(15)10-7-5-9(16-4)6-8-10/h5-8H,1-4H3,(H,13,14). The van der Waals surface area contributed by atoms with E-state index in [1.54, 1.807) is 52.1 Å². The van der Waals surface area contributed by atoms with Crippen LogP contribution < -0.4 is 9.46 Å². The van der Waals surface area contributed by atoms with Crippen LogP contribution in [0.25, 0.3) is 0 Å². The maximum Gasteiger partial charge on any atom is 0.419 e. The zero-order chi connectivity index (χ0) is 13.8. The molecule has 18 heavy (non-hydrogen) atoms. The van der Waals surface area contributed by atoms with Crippen molar-refractivity contribution in [3.63, 3.8) is 0 Å². The maximum absolute atomic E-state index is 11.8. The lowest BCUT2D eigenvalue weighted by atomic mass is 10.2. The molecular weight excluding hydrogens is 254 g/mol. The van der Waals surface area contributed by atoms with Gasteiger partial charge in [0.1, 0.15) is 11.4 Å². The Labute approximate surface area is 109 Å². The minimum atomic E-state index is -1.64. The van der Waals surface area contributed by atoms with Crippen LogP contribution in [0.2, 0.25) is 0 Å². The first-order chi connectivity index (χ1) is 8.31. The van der Waals surface area contributed by atoms with E-state index in [2.05, 4.69) is 4.72 Å². The molecule has 1 aromatic carbocycles. The van der Waals surface area contributed by atoms with Gasteiger partial charge in [-0.1, -0.05) is 0 Å². The predicted octanol–water partition coefficient (Wildman–Crippen LogP) is 2.24. The van der Waals surface area contributed by atoms with Gasteiger partial charge >= 0.3 is 6.09 Å². The molecule has 6 heteroatoms. The quantitative estimate of drug-likeness (QED) is 0.915. The molecule has 1 amide bonds. The van der Waals surface area contributed by atoms with Crippen LogP contribution >= 0.6 is 0 Å². The molecule has 5 nitrogen and oxygen atoms in total. The van der Waals surface area contributed by atoms with Gasteiger partial charge in [-0.2, -0.15) is 0 Å². The van der Waals surface area contributed by atoms with Crippen molar-refractivity contribution in [3.05, 3.63) is 24.3 Å². The molecule has 1 rings (SSSR count). The fourth-order valence-electron chi connectivity index (χ4n) is 1.13. The van der Waals surface area contributed by atoms with Crippen LogP contribution in [0.3, 0.4) is 0 Å². The summed E-state index contributed by atoms with van der Waals surface area (Å²) in [6.45, 7) is 5.22. The molecule has 0 saturated carbocycles. The van der Waals surface area contributed by atoms with Gasteiger partial charge < -0.3 is 9.47 Å². The summed E-state index contributed by atoms with van der Waals surface area (Å²) in [7, 11) is -0.0920. The van der Waals surface area contributed by atoms with Crippen LogP contribution in [0.4, 0.5) is 4.79 Å². The molecule has 0 saturated heterocycles. The lowest BCUT2D eigenvalue weighted by molar-refractivity contribution is 0.0572. The molecule has 0 aliphatic heterocycles. The molecule has 0 fully saturated rings. The summed E-state index contributed by atoms with van der Waals surface area (Å²) in [5.74, 6) is 0.660. The van der Waals surface area contributed by atoms with E-state index >= 15 is 0 Å². The number of nitrogens with one attached hydrogen (secondary N) is 1. The molecule has 0 radical (unpaired) electrons. The van der Waals surface area contributed by atoms with E-state index < -0.39 is 22.7 Å². The van der Waals surface area contributed by atoms with Crippen molar-refractivity contribution in [2.45, 2.75) is 31.3 Å². The smallest absolute Gasteiger partial charge is 0.419 e. The molecule has 0 bridgehead atoms. The van der Waals surface area contributed by atoms with Gasteiger partial charge in [-0.15, -0.1) is 0 Å². The summed E-state index contributed by atoms with van der Waals surface area (Å²) in [5.41, 5.74) is -0.617. The number of carbonyl (C=O) groups is 1. The van der Waals surface area contributed by atoms with Gasteiger partial charge in [0.25, 0.3) is 0 Å². The minimum absolute atomic E-state index is 0.474. The van der Waals surface area contributed by atoms with Gasteiger partial charge in [0, 0.05) is 0 Å². The van der Waals surface area contributed by atoms with Crippen LogP contribution in [-0.2, 0) is 15.7 Å². The van der Waals surface area contributed by atoms with Crippen molar-refractivity contribution in [3.8, 4) is 5.75 Å². The molecule has 100 valence electrons. The third-order valence-corrected chi connectivity index (χ3v) is 2.90. The van der Waals surface area contributed by atoms with Gasteiger partial charge in [-0.3, -0.25) is 0 Å². The van der Waals surface area contributed by atoms with E-state index in [4.69, 9.17) is 9.47 Å². The highest BCUT2D eigenvalue weighted by Crippen LogP contribution is 2.14. The fourth-order valence-corrected chi connectivity index (χ4v) is 1.83. The van der Waals surface area contributed by atoms with E-state index in [0.717, 1.165) is 0 Å². The Morgan fingerprint density at radius 1 is 1.22 bits per heavy atom. The number of hydrogen-bond donors (Lipinski definition) is 1. The topological polar surface area (TPSA) is 64.6 Å². The highest BCUT2D eigenvalue weighted by Gasteiger charge is 2.18. The largest absolute Gasteiger partial charge is 0.497 e. The molecule has 0 aliphatic carbocycles. The van der Waals surface area contributed by atoms with Crippen molar-refractivity contribution in [1.82, 2.24) is 4.72 Å². The SMILES string of the molecule is COc1ccc(S(=O)NC(=O)OC(C)(C)C)cc1. The van der Waals surface area contributed by atoms with Crippen molar-refractivity contribution >= 4 is 17.1 Å². The zero-order valence-electron chi connectivity index (χ0n) is 10.9. The minimum Gasteiger partial charge on any atom is -0.497 e. The van der Waals surface area contributed by atoms with Crippen LogP contribution in [-0.4, -0.2) is 23.0 Å². The van der Waals surface area contributed by atoms with Crippen LogP contribution in [0.1, 0.15) is 20.8 Å². The van der Waals surface area contributed by atoms with E-state index in [1.165, 1.54) is 0 Å². The Bertz CT molecular complexity index is 436. The van der Waals surface area contributed by atoms with Crippen LogP contribution in [0.15, 0.2) is 29.2 Å². The van der Waals surface area contributed by atoms with Gasteiger partial charge in [0.2, 0.25) is 0 Å². The van der Waals surface area contributed by atoms with E-state index in [0.29, 0.717) is 10.6 Å². The molecule has 1 unspecified atom stereocenters. The number of ether oxygens (including phenoxy) is 2. The summed E-state index contributed by atoms with van der Waals surface area (Å²) in [6, 6.07) is 6.58. The second kappa shape index (κ2) is 5.86. The average Bonchev–Trinajstić information content (AvgIpc) is 2.26. The van der Waals surface area contributed by atoms with E-state index in [-0.39, 0.29) is 0 Å². The normalized spacial score (nSPS) is 12.7.